The monoisotopic (exact) mass is 345 g/mol. The number of benzene rings is 1. The summed E-state index contributed by atoms with van der Waals surface area (Å²) < 4.78 is 38.9. The Morgan fingerprint density at radius 3 is 2.33 bits per heavy atom. The minimum atomic E-state index is -3.16. The van der Waals surface area contributed by atoms with Gasteiger partial charge in [-0.2, -0.15) is 8.78 Å². The standard InChI is InChI=1S/C16H21F2NO5/c1-16(2,3)24-15(21)19-12(23-14(17)18)9-13(20)22-10-11-7-5-4-6-8-11/h4-8,12,14H,9-10H2,1-3H3,(H,19,21). The summed E-state index contributed by atoms with van der Waals surface area (Å²) in [6.45, 7) is 1.68. The van der Waals surface area contributed by atoms with Gasteiger partial charge in [0.1, 0.15) is 18.4 Å². The van der Waals surface area contributed by atoms with E-state index in [9.17, 15) is 18.4 Å². The van der Waals surface area contributed by atoms with Crippen LogP contribution in [0.1, 0.15) is 32.8 Å². The molecule has 6 nitrogen and oxygen atoms in total. The fraction of sp³-hybridized carbons (Fsp3) is 0.500. The third-order valence-corrected chi connectivity index (χ3v) is 2.54. The summed E-state index contributed by atoms with van der Waals surface area (Å²) in [6.07, 6.45) is -3.09. The Balaban J connectivity index is 2.52. The number of carbonyl (C=O) groups is 2. The van der Waals surface area contributed by atoms with Crippen LogP contribution in [0.25, 0.3) is 0 Å². The lowest BCUT2D eigenvalue weighted by atomic mass is 10.2. The number of esters is 1. The molecule has 0 aromatic heterocycles. The summed E-state index contributed by atoms with van der Waals surface area (Å²) in [5.41, 5.74) is -0.0647. The third-order valence-electron chi connectivity index (χ3n) is 2.54. The number of alkyl halides is 2. The zero-order valence-corrected chi connectivity index (χ0v) is 13.8. The van der Waals surface area contributed by atoms with Gasteiger partial charge in [-0.15, -0.1) is 0 Å². The number of ether oxygens (including phenoxy) is 3. The van der Waals surface area contributed by atoms with Gasteiger partial charge in [0.05, 0.1) is 6.42 Å². The molecule has 1 unspecified atom stereocenters. The van der Waals surface area contributed by atoms with Gasteiger partial charge < -0.3 is 9.47 Å². The second-order valence-corrected chi connectivity index (χ2v) is 5.88. The Kier molecular flexibility index (Phi) is 7.57. The summed E-state index contributed by atoms with van der Waals surface area (Å²) in [5.74, 6) is -0.791. The lowest BCUT2D eigenvalue weighted by Gasteiger charge is -2.23. The van der Waals surface area contributed by atoms with E-state index in [2.05, 4.69) is 10.1 Å². The van der Waals surface area contributed by atoms with E-state index in [-0.39, 0.29) is 6.61 Å². The maximum atomic E-state index is 12.4. The zero-order chi connectivity index (χ0) is 18.2. The van der Waals surface area contributed by atoms with Crippen molar-refractivity contribution >= 4 is 12.1 Å². The number of nitrogens with one attached hydrogen (secondary N) is 1. The summed E-state index contributed by atoms with van der Waals surface area (Å²) in [4.78, 5) is 23.3. The first-order valence-corrected chi connectivity index (χ1v) is 7.28. The summed E-state index contributed by atoms with van der Waals surface area (Å²) in [7, 11) is 0. The fourth-order valence-corrected chi connectivity index (χ4v) is 1.64. The number of hydrogen-bond donors (Lipinski definition) is 1. The van der Waals surface area contributed by atoms with Crippen molar-refractivity contribution < 1.29 is 32.6 Å². The fourth-order valence-electron chi connectivity index (χ4n) is 1.64. The van der Waals surface area contributed by atoms with Crippen molar-refractivity contribution in [3.05, 3.63) is 35.9 Å². The molecule has 1 N–H and O–H groups in total. The number of rotatable bonds is 7. The highest BCUT2D eigenvalue weighted by atomic mass is 19.3. The molecule has 1 rings (SSSR count). The van der Waals surface area contributed by atoms with Gasteiger partial charge in [0.15, 0.2) is 0 Å². The minimum Gasteiger partial charge on any atom is -0.461 e. The predicted molar refractivity (Wildman–Crippen MR) is 81.1 cm³/mol. The number of hydrogen-bond acceptors (Lipinski definition) is 5. The van der Waals surface area contributed by atoms with Crippen LogP contribution in [0.3, 0.4) is 0 Å². The molecule has 0 aliphatic heterocycles. The second kappa shape index (κ2) is 9.17. The molecule has 0 bridgehead atoms. The van der Waals surface area contributed by atoms with Crippen molar-refractivity contribution in [1.29, 1.82) is 0 Å². The predicted octanol–water partition coefficient (Wildman–Crippen LogP) is 3.21. The van der Waals surface area contributed by atoms with Crippen LogP contribution < -0.4 is 5.32 Å². The van der Waals surface area contributed by atoms with Crippen LogP contribution in [0.2, 0.25) is 0 Å². The van der Waals surface area contributed by atoms with Crippen LogP contribution in [0, 0.1) is 0 Å². The van der Waals surface area contributed by atoms with Crippen LogP contribution in [-0.4, -0.2) is 30.5 Å². The van der Waals surface area contributed by atoms with E-state index < -0.39 is 36.9 Å². The Hall–Kier alpha value is -2.22. The summed E-state index contributed by atoms with van der Waals surface area (Å²) in [5, 5.41) is 2.07. The van der Waals surface area contributed by atoms with Crippen LogP contribution >= 0.6 is 0 Å². The van der Waals surface area contributed by atoms with Crippen LogP contribution in [0.5, 0.6) is 0 Å². The van der Waals surface area contributed by atoms with Crippen molar-refractivity contribution in [3.63, 3.8) is 0 Å². The maximum Gasteiger partial charge on any atom is 0.409 e. The van der Waals surface area contributed by atoms with Crippen LogP contribution in [0.4, 0.5) is 13.6 Å². The molecule has 24 heavy (non-hydrogen) atoms. The van der Waals surface area contributed by atoms with E-state index in [1.807, 2.05) is 6.07 Å². The van der Waals surface area contributed by atoms with E-state index in [4.69, 9.17) is 9.47 Å². The average molecular weight is 345 g/mol. The molecule has 0 spiro atoms. The van der Waals surface area contributed by atoms with Crippen molar-refractivity contribution in [2.45, 2.75) is 52.2 Å². The van der Waals surface area contributed by atoms with Gasteiger partial charge in [-0.05, 0) is 26.3 Å². The molecule has 134 valence electrons. The van der Waals surface area contributed by atoms with E-state index in [1.54, 1.807) is 45.0 Å². The topological polar surface area (TPSA) is 73.9 Å². The molecule has 8 heteroatoms. The first-order chi connectivity index (χ1) is 11.2. The highest BCUT2D eigenvalue weighted by molar-refractivity contribution is 5.72. The molecular formula is C16H21F2NO5. The molecule has 0 radical (unpaired) electrons. The van der Waals surface area contributed by atoms with Crippen LogP contribution in [0.15, 0.2) is 30.3 Å². The lowest BCUT2D eigenvalue weighted by molar-refractivity contribution is -0.179. The molecule has 0 aliphatic carbocycles. The van der Waals surface area contributed by atoms with Gasteiger partial charge in [-0.3, -0.25) is 14.8 Å². The highest BCUT2D eigenvalue weighted by Gasteiger charge is 2.24. The van der Waals surface area contributed by atoms with Crippen molar-refractivity contribution in [1.82, 2.24) is 5.32 Å². The number of alkyl carbamates (subject to hydrolysis) is 1. The molecule has 1 atom stereocenters. The van der Waals surface area contributed by atoms with Gasteiger partial charge >= 0.3 is 18.7 Å². The molecule has 0 heterocycles. The molecular weight excluding hydrogens is 324 g/mol. The highest BCUT2D eigenvalue weighted by Crippen LogP contribution is 2.10. The van der Waals surface area contributed by atoms with Gasteiger partial charge in [-0.1, -0.05) is 30.3 Å². The minimum absolute atomic E-state index is 0.00644. The largest absolute Gasteiger partial charge is 0.461 e. The Bertz CT molecular complexity index is 531. The Labute approximate surface area is 139 Å². The zero-order valence-electron chi connectivity index (χ0n) is 13.8. The molecule has 1 aromatic carbocycles. The molecule has 0 fully saturated rings. The van der Waals surface area contributed by atoms with Gasteiger partial charge in [0.25, 0.3) is 0 Å². The summed E-state index contributed by atoms with van der Waals surface area (Å²) >= 11 is 0. The maximum absolute atomic E-state index is 12.4. The Morgan fingerprint density at radius 1 is 1.17 bits per heavy atom. The average Bonchev–Trinajstić information content (AvgIpc) is 2.43. The third kappa shape index (κ3) is 9.04. The molecule has 0 saturated heterocycles. The number of halogens is 2. The lowest BCUT2D eigenvalue weighted by Crippen LogP contribution is -2.42. The second-order valence-electron chi connectivity index (χ2n) is 5.88. The van der Waals surface area contributed by atoms with E-state index in [0.717, 1.165) is 5.56 Å². The normalized spacial score (nSPS) is 12.6. The van der Waals surface area contributed by atoms with Crippen LogP contribution in [-0.2, 0) is 25.6 Å². The SMILES string of the molecule is CC(C)(C)OC(=O)NC(CC(=O)OCc1ccccc1)OC(F)F. The van der Waals surface area contributed by atoms with Gasteiger partial charge in [-0.25, -0.2) is 4.79 Å². The summed E-state index contributed by atoms with van der Waals surface area (Å²) in [6, 6.07) is 8.85. The molecule has 1 aromatic rings. The van der Waals surface area contributed by atoms with E-state index in [0.29, 0.717) is 0 Å². The molecule has 0 aliphatic rings. The molecule has 1 amide bonds. The number of amides is 1. The van der Waals surface area contributed by atoms with Gasteiger partial charge in [0, 0.05) is 0 Å². The Morgan fingerprint density at radius 2 is 1.79 bits per heavy atom. The van der Waals surface area contributed by atoms with Gasteiger partial charge in [0.2, 0.25) is 0 Å². The quantitative estimate of drug-likeness (QED) is 0.607. The molecule has 0 saturated carbocycles. The smallest absolute Gasteiger partial charge is 0.409 e. The van der Waals surface area contributed by atoms with E-state index >= 15 is 0 Å². The van der Waals surface area contributed by atoms with Crippen molar-refractivity contribution in [2.75, 3.05) is 0 Å². The van der Waals surface area contributed by atoms with Crippen molar-refractivity contribution in [3.8, 4) is 0 Å². The first kappa shape index (κ1) is 19.8. The van der Waals surface area contributed by atoms with E-state index in [1.165, 1.54) is 0 Å². The van der Waals surface area contributed by atoms with Crippen molar-refractivity contribution in [2.24, 2.45) is 0 Å². The first-order valence-electron chi connectivity index (χ1n) is 7.28. The number of carbonyl (C=O) groups excluding carboxylic acids is 2.